The van der Waals surface area contributed by atoms with Crippen LogP contribution in [0, 0.1) is 0 Å². The highest BCUT2D eigenvalue weighted by Gasteiger charge is 2.11. The maximum absolute atomic E-state index is 6.12. The SMILES string of the molecule is Clc1ccc(CN(Cc2cccnc2)Cc2ccco2)cc1Cl. The lowest BCUT2D eigenvalue weighted by molar-refractivity contribution is 0.226. The Kier molecular flexibility index (Phi) is 5.34. The summed E-state index contributed by atoms with van der Waals surface area (Å²) in [5.74, 6) is 0.925. The molecule has 1 aromatic carbocycles. The number of halogens is 2. The van der Waals surface area contributed by atoms with Crippen molar-refractivity contribution >= 4 is 23.2 Å². The molecule has 0 fully saturated rings. The molecular weight excluding hydrogens is 331 g/mol. The Balaban J connectivity index is 1.77. The monoisotopic (exact) mass is 346 g/mol. The zero-order valence-corrected chi connectivity index (χ0v) is 14.0. The Labute approximate surface area is 145 Å². The van der Waals surface area contributed by atoms with Crippen LogP contribution in [0.15, 0.2) is 65.5 Å². The van der Waals surface area contributed by atoms with E-state index in [9.17, 15) is 0 Å². The second-order valence-corrected chi connectivity index (χ2v) is 6.15. The zero-order chi connectivity index (χ0) is 16.1. The quantitative estimate of drug-likeness (QED) is 0.615. The van der Waals surface area contributed by atoms with Crippen molar-refractivity contribution < 1.29 is 4.42 Å². The summed E-state index contributed by atoms with van der Waals surface area (Å²) in [6, 6.07) is 13.6. The van der Waals surface area contributed by atoms with Crippen molar-refractivity contribution in [3.63, 3.8) is 0 Å². The van der Waals surface area contributed by atoms with Crippen LogP contribution in [0.5, 0.6) is 0 Å². The Morgan fingerprint density at radius 1 is 0.913 bits per heavy atom. The predicted octanol–water partition coefficient (Wildman–Crippen LogP) is 5.18. The number of benzene rings is 1. The third-order valence-electron chi connectivity index (χ3n) is 3.48. The summed E-state index contributed by atoms with van der Waals surface area (Å²) in [4.78, 5) is 6.45. The lowest BCUT2D eigenvalue weighted by Gasteiger charge is -2.21. The largest absolute Gasteiger partial charge is 0.468 e. The molecule has 0 spiro atoms. The van der Waals surface area contributed by atoms with Gasteiger partial charge in [-0.2, -0.15) is 0 Å². The molecule has 0 amide bonds. The van der Waals surface area contributed by atoms with E-state index >= 15 is 0 Å². The maximum atomic E-state index is 6.12. The van der Waals surface area contributed by atoms with Gasteiger partial charge in [-0.15, -0.1) is 0 Å². The fourth-order valence-corrected chi connectivity index (χ4v) is 2.76. The zero-order valence-electron chi connectivity index (χ0n) is 12.5. The molecule has 0 aliphatic carbocycles. The highest BCUT2D eigenvalue weighted by atomic mass is 35.5. The molecule has 0 radical (unpaired) electrons. The van der Waals surface area contributed by atoms with Gasteiger partial charge < -0.3 is 4.42 Å². The van der Waals surface area contributed by atoms with Gasteiger partial charge in [0.25, 0.3) is 0 Å². The highest BCUT2D eigenvalue weighted by molar-refractivity contribution is 6.42. The first kappa shape index (κ1) is 16.1. The molecule has 3 nitrogen and oxygen atoms in total. The molecule has 0 atom stereocenters. The average Bonchev–Trinajstić information content (AvgIpc) is 3.05. The summed E-state index contributed by atoms with van der Waals surface area (Å²) >= 11 is 12.1. The van der Waals surface area contributed by atoms with Crippen LogP contribution in [0.1, 0.15) is 16.9 Å². The minimum absolute atomic E-state index is 0.570. The van der Waals surface area contributed by atoms with Crippen molar-refractivity contribution in [2.45, 2.75) is 19.6 Å². The van der Waals surface area contributed by atoms with Crippen molar-refractivity contribution in [1.82, 2.24) is 9.88 Å². The number of aromatic nitrogens is 1. The van der Waals surface area contributed by atoms with E-state index < -0.39 is 0 Å². The number of rotatable bonds is 6. The van der Waals surface area contributed by atoms with Gasteiger partial charge in [0, 0.05) is 25.5 Å². The molecule has 118 valence electrons. The summed E-state index contributed by atoms with van der Waals surface area (Å²) in [5, 5.41) is 1.14. The topological polar surface area (TPSA) is 29.3 Å². The van der Waals surface area contributed by atoms with E-state index in [0.29, 0.717) is 16.6 Å². The van der Waals surface area contributed by atoms with Gasteiger partial charge >= 0.3 is 0 Å². The van der Waals surface area contributed by atoms with E-state index in [-0.39, 0.29) is 0 Å². The second-order valence-electron chi connectivity index (χ2n) is 5.33. The van der Waals surface area contributed by atoms with E-state index in [2.05, 4.69) is 16.0 Å². The summed E-state index contributed by atoms with van der Waals surface area (Å²) in [6.07, 6.45) is 5.35. The van der Waals surface area contributed by atoms with Gasteiger partial charge in [-0.05, 0) is 41.5 Å². The van der Waals surface area contributed by atoms with E-state index in [4.69, 9.17) is 27.6 Å². The standard InChI is InChI=1S/C18H16Cl2N2O/c19-17-6-5-14(9-18(17)20)11-22(13-16-4-2-8-23-16)12-15-3-1-7-21-10-15/h1-10H,11-13H2. The maximum Gasteiger partial charge on any atom is 0.117 e. The van der Waals surface area contributed by atoms with E-state index in [0.717, 1.165) is 30.0 Å². The van der Waals surface area contributed by atoms with Crippen LogP contribution >= 0.6 is 23.2 Å². The number of hydrogen-bond acceptors (Lipinski definition) is 3. The fraction of sp³-hybridized carbons (Fsp3) is 0.167. The first-order chi connectivity index (χ1) is 11.2. The third kappa shape index (κ3) is 4.58. The van der Waals surface area contributed by atoms with E-state index in [1.807, 2.05) is 42.6 Å². The molecule has 0 bridgehead atoms. The molecule has 2 heterocycles. The number of furan rings is 1. The van der Waals surface area contributed by atoms with E-state index in [1.54, 1.807) is 12.5 Å². The number of pyridine rings is 1. The summed E-state index contributed by atoms with van der Waals surface area (Å²) in [7, 11) is 0. The van der Waals surface area contributed by atoms with Crippen LogP contribution in [-0.2, 0) is 19.6 Å². The van der Waals surface area contributed by atoms with Crippen molar-refractivity contribution in [2.75, 3.05) is 0 Å². The normalized spacial score (nSPS) is 11.1. The average molecular weight is 347 g/mol. The minimum atomic E-state index is 0.570. The smallest absolute Gasteiger partial charge is 0.117 e. The van der Waals surface area contributed by atoms with Crippen molar-refractivity contribution in [1.29, 1.82) is 0 Å². The van der Waals surface area contributed by atoms with Crippen molar-refractivity contribution in [2.24, 2.45) is 0 Å². The molecule has 5 heteroatoms. The number of hydrogen-bond donors (Lipinski definition) is 0. The van der Waals surface area contributed by atoms with Crippen LogP contribution in [0.3, 0.4) is 0 Å². The van der Waals surface area contributed by atoms with E-state index in [1.165, 1.54) is 0 Å². The molecule has 0 aliphatic heterocycles. The highest BCUT2D eigenvalue weighted by Crippen LogP contribution is 2.24. The van der Waals surface area contributed by atoms with Crippen molar-refractivity contribution in [3.8, 4) is 0 Å². The van der Waals surface area contributed by atoms with Gasteiger partial charge in [-0.1, -0.05) is 35.3 Å². The molecule has 2 aromatic heterocycles. The lowest BCUT2D eigenvalue weighted by atomic mass is 10.2. The van der Waals surface area contributed by atoms with Gasteiger partial charge in [-0.3, -0.25) is 9.88 Å². The molecule has 0 unspecified atom stereocenters. The Hall–Kier alpha value is -1.81. The molecule has 3 rings (SSSR count). The van der Waals surface area contributed by atoms with Crippen LogP contribution < -0.4 is 0 Å². The Morgan fingerprint density at radius 2 is 1.78 bits per heavy atom. The summed E-state index contributed by atoms with van der Waals surface area (Å²) in [6.45, 7) is 2.23. The second kappa shape index (κ2) is 7.64. The fourth-order valence-electron chi connectivity index (χ4n) is 2.44. The summed E-state index contributed by atoms with van der Waals surface area (Å²) < 4.78 is 5.48. The molecular formula is C18H16Cl2N2O. The van der Waals surface area contributed by atoms with Gasteiger partial charge in [0.15, 0.2) is 0 Å². The Bertz CT molecular complexity index is 745. The first-order valence-corrected chi connectivity index (χ1v) is 8.04. The van der Waals surface area contributed by atoms with Gasteiger partial charge in [0.2, 0.25) is 0 Å². The van der Waals surface area contributed by atoms with Crippen LogP contribution in [0.4, 0.5) is 0 Å². The lowest BCUT2D eigenvalue weighted by Crippen LogP contribution is -2.22. The van der Waals surface area contributed by atoms with Crippen LogP contribution in [-0.4, -0.2) is 9.88 Å². The molecule has 3 aromatic rings. The number of nitrogens with zero attached hydrogens (tertiary/aromatic N) is 2. The van der Waals surface area contributed by atoms with Gasteiger partial charge in [0.1, 0.15) is 5.76 Å². The van der Waals surface area contributed by atoms with Gasteiger partial charge in [-0.25, -0.2) is 0 Å². The molecule has 0 saturated heterocycles. The first-order valence-electron chi connectivity index (χ1n) is 7.28. The molecule has 0 N–H and O–H groups in total. The predicted molar refractivity (Wildman–Crippen MR) is 92.4 cm³/mol. The minimum Gasteiger partial charge on any atom is -0.468 e. The Morgan fingerprint density at radius 3 is 2.48 bits per heavy atom. The third-order valence-corrected chi connectivity index (χ3v) is 4.22. The van der Waals surface area contributed by atoms with Crippen LogP contribution in [0.2, 0.25) is 10.0 Å². The van der Waals surface area contributed by atoms with Gasteiger partial charge in [0.05, 0.1) is 22.9 Å². The van der Waals surface area contributed by atoms with Crippen molar-refractivity contribution in [3.05, 3.63) is 88.1 Å². The summed E-state index contributed by atoms with van der Waals surface area (Å²) in [5.41, 5.74) is 2.26. The molecule has 0 saturated carbocycles. The van der Waals surface area contributed by atoms with Crippen LogP contribution in [0.25, 0.3) is 0 Å². The molecule has 0 aliphatic rings. The molecule has 23 heavy (non-hydrogen) atoms.